The summed E-state index contributed by atoms with van der Waals surface area (Å²) in [6, 6.07) is 6.37. The van der Waals surface area contributed by atoms with Gasteiger partial charge in [0, 0.05) is 5.92 Å². The van der Waals surface area contributed by atoms with E-state index >= 15 is 0 Å². The molecule has 1 rings (SSSR count). The maximum Gasteiger partial charge on any atom is 0.297 e. The molecule has 0 bridgehead atoms. The Labute approximate surface area is 121 Å². The molecular weight excluding hydrogens is 276 g/mol. The van der Waals surface area contributed by atoms with Crippen molar-refractivity contribution in [1.82, 2.24) is 0 Å². The first-order chi connectivity index (χ1) is 9.40. The molecule has 0 aliphatic heterocycles. The zero-order valence-electron chi connectivity index (χ0n) is 12.3. The second kappa shape index (κ2) is 7.55. The molecule has 0 saturated heterocycles. The van der Waals surface area contributed by atoms with Crippen molar-refractivity contribution in [2.45, 2.75) is 44.9 Å². The van der Waals surface area contributed by atoms with Gasteiger partial charge in [-0.25, -0.2) is 0 Å². The van der Waals surface area contributed by atoms with Crippen molar-refractivity contribution in [3.8, 4) is 0 Å². The molecule has 0 aliphatic carbocycles. The van der Waals surface area contributed by atoms with Gasteiger partial charge in [0.05, 0.1) is 4.90 Å². The summed E-state index contributed by atoms with van der Waals surface area (Å²) in [7, 11) is -3.85. The maximum absolute atomic E-state index is 11.9. The zero-order chi connectivity index (χ0) is 15.2. The van der Waals surface area contributed by atoms with Gasteiger partial charge in [-0.1, -0.05) is 38.0 Å². The molecule has 0 aliphatic rings. The lowest BCUT2D eigenvalue weighted by Crippen LogP contribution is -2.21. The SMILES string of the molecule is CCCC(CC)C(=O)COS(=O)(=O)c1ccc(C)cc1. The van der Waals surface area contributed by atoms with Gasteiger partial charge in [0.25, 0.3) is 10.1 Å². The molecule has 0 amide bonds. The quantitative estimate of drug-likeness (QED) is 0.692. The number of carbonyl (C=O) groups is 1. The van der Waals surface area contributed by atoms with Crippen LogP contribution >= 0.6 is 0 Å². The van der Waals surface area contributed by atoms with Crippen LogP contribution in [0.1, 0.15) is 38.7 Å². The molecule has 1 aromatic carbocycles. The van der Waals surface area contributed by atoms with Crippen LogP contribution in [0.5, 0.6) is 0 Å². The second-order valence-electron chi connectivity index (χ2n) is 4.89. The third-order valence-corrected chi connectivity index (χ3v) is 4.53. The van der Waals surface area contributed by atoms with Gasteiger partial charge in [-0.15, -0.1) is 0 Å². The van der Waals surface area contributed by atoms with Crippen LogP contribution in [0.25, 0.3) is 0 Å². The van der Waals surface area contributed by atoms with Crippen LogP contribution in [-0.2, 0) is 19.1 Å². The molecule has 1 unspecified atom stereocenters. The number of hydrogen-bond donors (Lipinski definition) is 0. The van der Waals surface area contributed by atoms with E-state index in [1.54, 1.807) is 12.1 Å². The fraction of sp³-hybridized carbons (Fsp3) is 0.533. The van der Waals surface area contributed by atoms with Gasteiger partial charge in [0.1, 0.15) is 6.61 Å². The third kappa shape index (κ3) is 4.72. The maximum atomic E-state index is 11.9. The fourth-order valence-corrected chi connectivity index (χ4v) is 2.84. The zero-order valence-corrected chi connectivity index (χ0v) is 13.1. The molecule has 0 radical (unpaired) electrons. The molecule has 4 nitrogen and oxygen atoms in total. The largest absolute Gasteiger partial charge is 0.297 e. The summed E-state index contributed by atoms with van der Waals surface area (Å²) in [4.78, 5) is 12.0. The number of carbonyl (C=O) groups excluding carboxylic acids is 1. The van der Waals surface area contributed by atoms with Gasteiger partial charge in [-0.3, -0.25) is 8.98 Å². The molecule has 1 atom stereocenters. The van der Waals surface area contributed by atoms with E-state index in [2.05, 4.69) is 0 Å². The molecule has 0 aromatic heterocycles. The van der Waals surface area contributed by atoms with Gasteiger partial charge in [-0.05, 0) is 31.9 Å². The van der Waals surface area contributed by atoms with Crippen molar-refractivity contribution in [3.63, 3.8) is 0 Å². The number of aryl methyl sites for hydroxylation is 1. The highest BCUT2D eigenvalue weighted by Crippen LogP contribution is 2.16. The Morgan fingerprint density at radius 2 is 1.80 bits per heavy atom. The van der Waals surface area contributed by atoms with Crippen LogP contribution in [0.3, 0.4) is 0 Å². The third-order valence-electron chi connectivity index (χ3n) is 3.25. The Hall–Kier alpha value is -1.20. The highest BCUT2D eigenvalue weighted by atomic mass is 32.2. The van der Waals surface area contributed by atoms with Crippen molar-refractivity contribution in [3.05, 3.63) is 29.8 Å². The Morgan fingerprint density at radius 3 is 2.30 bits per heavy atom. The molecule has 0 heterocycles. The monoisotopic (exact) mass is 298 g/mol. The minimum Gasteiger partial charge on any atom is -0.297 e. The molecule has 112 valence electrons. The van der Waals surface area contributed by atoms with Crippen LogP contribution in [-0.4, -0.2) is 20.8 Å². The molecule has 0 spiro atoms. The van der Waals surface area contributed by atoms with E-state index in [1.165, 1.54) is 12.1 Å². The first-order valence-electron chi connectivity index (χ1n) is 6.89. The first-order valence-corrected chi connectivity index (χ1v) is 8.30. The minimum atomic E-state index is -3.85. The molecule has 0 fully saturated rings. The molecule has 1 aromatic rings. The Balaban J connectivity index is 2.68. The molecule has 0 saturated carbocycles. The Bertz CT molecular complexity index is 531. The summed E-state index contributed by atoms with van der Waals surface area (Å²) in [5.41, 5.74) is 0.967. The van der Waals surface area contributed by atoms with Crippen LogP contribution in [0, 0.1) is 12.8 Å². The number of Topliss-reactive ketones (excluding diaryl/α,β-unsaturated/α-hetero) is 1. The lowest BCUT2D eigenvalue weighted by molar-refractivity contribution is -0.125. The fourth-order valence-electron chi connectivity index (χ4n) is 1.97. The minimum absolute atomic E-state index is 0.0828. The highest BCUT2D eigenvalue weighted by Gasteiger charge is 2.21. The lowest BCUT2D eigenvalue weighted by Gasteiger charge is -2.12. The van der Waals surface area contributed by atoms with E-state index in [4.69, 9.17) is 4.18 Å². The smallest absolute Gasteiger partial charge is 0.297 e. The van der Waals surface area contributed by atoms with Crippen molar-refractivity contribution >= 4 is 15.9 Å². The summed E-state index contributed by atoms with van der Waals surface area (Å²) in [6.45, 7) is 5.42. The standard InChI is InChI=1S/C15H22O4S/c1-4-6-13(5-2)15(16)11-19-20(17,18)14-9-7-12(3)8-10-14/h7-10,13H,4-6,11H2,1-3H3. The summed E-state index contributed by atoms with van der Waals surface area (Å²) in [6.07, 6.45) is 2.37. The average molecular weight is 298 g/mol. The number of ketones is 1. The summed E-state index contributed by atoms with van der Waals surface area (Å²) >= 11 is 0. The molecular formula is C15H22O4S. The van der Waals surface area contributed by atoms with Crippen LogP contribution in [0.2, 0.25) is 0 Å². The van der Waals surface area contributed by atoms with E-state index in [-0.39, 0.29) is 23.2 Å². The number of rotatable bonds is 8. The molecule has 0 N–H and O–H groups in total. The van der Waals surface area contributed by atoms with Crippen LogP contribution < -0.4 is 0 Å². The predicted molar refractivity (Wildman–Crippen MR) is 78.0 cm³/mol. The van der Waals surface area contributed by atoms with Crippen molar-refractivity contribution in [2.75, 3.05) is 6.61 Å². The second-order valence-corrected chi connectivity index (χ2v) is 6.50. The predicted octanol–water partition coefficient (Wildman–Crippen LogP) is 3.10. The van der Waals surface area contributed by atoms with Crippen molar-refractivity contribution in [1.29, 1.82) is 0 Å². The number of hydrogen-bond acceptors (Lipinski definition) is 4. The van der Waals surface area contributed by atoms with Crippen LogP contribution in [0.15, 0.2) is 29.2 Å². The van der Waals surface area contributed by atoms with Crippen molar-refractivity contribution in [2.24, 2.45) is 5.92 Å². The van der Waals surface area contributed by atoms with E-state index in [0.29, 0.717) is 6.42 Å². The van der Waals surface area contributed by atoms with Crippen molar-refractivity contribution < 1.29 is 17.4 Å². The summed E-state index contributed by atoms with van der Waals surface area (Å²) in [5, 5.41) is 0. The van der Waals surface area contributed by atoms with Gasteiger partial charge < -0.3 is 0 Å². The van der Waals surface area contributed by atoms with Gasteiger partial charge in [0.2, 0.25) is 0 Å². The van der Waals surface area contributed by atoms with E-state index in [1.807, 2.05) is 20.8 Å². The highest BCUT2D eigenvalue weighted by molar-refractivity contribution is 7.86. The normalized spacial score (nSPS) is 13.2. The summed E-state index contributed by atoms with van der Waals surface area (Å²) in [5.74, 6) is -0.266. The lowest BCUT2D eigenvalue weighted by atomic mass is 9.96. The molecule has 20 heavy (non-hydrogen) atoms. The Kier molecular flexibility index (Phi) is 6.36. The van der Waals surface area contributed by atoms with E-state index < -0.39 is 10.1 Å². The van der Waals surface area contributed by atoms with Gasteiger partial charge >= 0.3 is 0 Å². The topological polar surface area (TPSA) is 60.4 Å². The molecule has 5 heteroatoms. The Morgan fingerprint density at radius 1 is 1.20 bits per heavy atom. The average Bonchev–Trinajstić information content (AvgIpc) is 2.42. The van der Waals surface area contributed by atoms with E-state index in [0.717, 1.165) is 18.4 Å². The number of benzene rings is 1. The van der Waals surface area contributed by atoms with E-state index in [9.17, 15) is 13.2 Å². The summed E-state index contributed by atoms with van der Waals surface area (Å²) < 4.78 is 28.8. The van der Waals surface area contributed by atoms with Gasteiger partial charge in [0.15, 0.2) is 5.78 Å². The van der Waals surface area contributed by atoms with Gasteiger partial charge in [-0.2, -0.15) is 8.42 Å². The van der Waals surface area contributed by atoms with Crippen LogP contribution in [0.4, 0.5) is 0 Å². The first kappa shape index (κ1) is 16.9.